The van der Waals surface area contributed by atoms with Gasteiger partial charge in [-0.3, -0.25) is 0 Å². The lowest BCUT2D eigenvalue weighted by Gasteiger charge is -2.19. The number of carbonyl (C=O) groups excluding carboxylic acids is 1. The Labute approximate surface area is 132 Å². The van der Waals surface area contributed by atoms with Crippen LogP contribution in [0.2, 0.25) is 0 Å². The minimum Gasteiger partial charge on any atom is -0.465 e. The van der Waals surface area contributed by atoms with Gasteiger partial charge in [-0.05, 0) is 47.9 Å². The molecule has 2 aromatic rings. The standard InChI is InChI=1S/C17H16BrNO2/c1-21-17(20)14-4-2-3-12(9-14)11-19-8-7-13-10-15(18)5-6-16(13)19/h2-6,9-10H,7-8,11H2,1H3. The Hall–Kier alpha value is -1.81. The number of hydrogen-bond acceptors (Lipinski definition) is 3. The summed E-state index contributed by atoms with van der Waals surface area (Å²) in [4.78, 5) is 13.9. The predicted octanol–water partition coefficient (Wildman–Crippen LogP) is 3.80. The molecule has 1 heterocycles. The first-order valence-electron chi connectivity index (χ1n) is 6.88. The molecule has 0 amide bonds. The zero-order valence-electron chi connectivity index (χ0n) is 11.8. The summed E-state index contributed by atoms with van der Waals surface area (Å²) in [5.74, 6) is -0.289. The summed E-state index contributed by atoms with van der Waals surface area (Å²) >= 11 is 3.52. The molecule has 108 valence electrons. The van der Waals surface area contributed by atoms with Crippen molar-refractivity contribution in [2.75, 3.05) is 18.6 Å². The van der Waals surface area contributed by atoms with E-state index in [9.17, 15) is 4.79 Å². The van der Waals surface area contributed by atoms with E-state index in [1.165, 1.54) is 18.4 Å². The highest BCUT2D eigenvalue weighted by Gasteiger charge is 2.19. The van der Waals surface area contributed by atoms with Crippen LogP contribution >= 0.6 is 15.9 Å². The molecule has 3 rings (SSSR count). The molecule has 4 heteroatoms. The normalized spacial score (nSPS) is 13.1. The first kappa shape index (κ1) is 14.1. The van der Waals surface area contributed by atoms with Gasteiger partial charge < -0.3 is 9.64 Å². The fourth-order valence-electron chi connectivity index (χ4n) is 2.74. The minimum atomic E-state index is -0.289. The molecule has 0 radical (unpaired) electrons. The molecule has 0 atom stereocenters. The van der Waals surface area contributed by atoms with Crippen molar-refractivity contribution >= 4 is 27.6 Å². The van der Waals surface area contributed by atoms with Gasteiger partial charge in [-0.25, -0.2) is 4.79 Å². The number of ether oxygens (including phenoxy) is 1. The van der Waals surface area contributed by atoms with Crippen LogP contribution in [0.3, 0.4) is 0 Å². The maximum absolute atomic E-state index is 11.6. The zero-order chi connectivity index (χ0) is 14.8. The summed E-state index contributed by atoms with van der Waals surface area (Å²) in [5, 5.41) is 0. The van der Waals surface area contributed by atoms with E-state index < -0.39 is 0 Å². The van der Waals surface area contributed by atoms with Crippen LogP contribution in [0.25, 0.3) is 0 Å². The van der Waals surface area contributed by atoms with Gasteiger partial charge in [-0.1, -0.05) is 28.1 Å². The quantitative estimate of drug-likeness (QED) is 0.792. The smallest absolute Gasteiger partial charge is 0.337 e. The maximum Gasteiger partial charge on any atom is 0.337 e. The van der Waals surface area contributed by atoms with Crippen molar-refractivity contribution in [2.45, 2.75) is 13.0 Å². The van der Waals surface area contributed by atoms with Gasteiger partial charge in [0.15, 0.2) is 0 Å². The topological polar surface area (TPSA) is 29.5 Å². The molecule has 0 aromatic heterocycles. The molecule has 0 fully saturated rings. The molecule has 0 aliphatic carbocycles. The molecule has 0 saturated carbocycles. The van der Waals surface area contributed by atoms with Crippen molar-refractivity contribution in [2.24, 2.45) is 0 Å². The van der Waals surface area contributed by atoms with E-state index in [-0.39, 0.29) is 5.97 Å². The Morgan fingerprint density at radius 2 is 2.14 bits per heavy atom. The third kappa shape index (κ3) is 2.95. The summed E-state index contributed by atoms with van der Waals surface area (Å²) in [7, 11) is 1.41. The van der Waals surface area contributed by atoms with Crippen LogP contribution in [0.4, 0.5) is 5.69 Å². The second kappa shape index (κ2) is 5.90. The summed E-state index contributed by atoms with van der Waals surface area (Å²) in [6.07, 6.45) is 1.06. The van der Waals surface area contributed by atoms with Gasteiger partial charge in [0.2, 0.25) is 0 Å². The largest absolute Gasteiger partial charge is 0.465 e. The summed E-state index contributed by atoms with van der Waals surface area (Å²) < 4.78 is 5.89. The SMILES string of the molecule is COC(=O)c1cccc(CN2CCc3cc(Br)ccc32)c1. The van der Waals surface area contributed by atoms with Crippen molar-refractivity contribution in [1.82, 2.24) is 0 Å². The second-order valence-corrected chi connectivity index (χ2v) is 6.05. The number of esters is 1. The molecule has 21 heavy (non-hydrogen) atoms. The summed E-state index contributed by atoms with van der Waals surface area (Å²) in [6, 6.07) is 14.0. The number of benzene rings is 2. The molecule has 3 nitrogen and oxygen atoms in total. The first-order valence-corrected chi connectivity index (χ1v) is 7.67. The fraction of sp³-hybridized carbons (Fsp3) is 0.235. The first-order chi connectivity index (χ1) is 10.2. The number of nitrogens with zero attached hydrogens (tertiary/aromatic N) is 1. The summed E-state index contributed by atoms with van der Waals surface area (Å²) in [6.45, 7) is 1.81. The number of rotatable bonds is 3. The van der Waals surface area contributed by atoms with Crippen molar-refractivity contribution < 1.29 is 9.53 Å². The number of anilines is 1. The molecule has 0 saturated heterocycles. The maximum atomic E-state index is 11.6. The van der Waals surface area contributed by atoms with Gasteiger partial charge >= 0.3 is 5.97 Å². The van der Waals surface area contributed by atoms with Crippen LogP contribution in [0, 0.1) is 0 Å². The number of carbonyl (C=O) groups is 1. The lowest BCUT2D eigenvalue weighted by atomic mass is 10.1. The highest BCUT2D eigenvalue weighted by Crippen LogP contribution is 2.31. The molecule has 1 aliphatic rings. The lowest BCUT2D eigenvalue weighted by Crippen LogP contribution is -2.19. The molecular weight excluding hydrogens is 330 g/mol. The van der Waals surface area contributed by atoms with E-state index in [1.54, 1.807) is 6.07 Å². The van der Waals surface area contributed by atoms with Crippen molar-refractivity contribution in [3.8, 4) is 0 Å². The highest BCUT2D eigenvalue weighted by molar-refractivity contribution is 9.10. The van der Waals surface area contributed by atoms with Gasteiger partial charge in [0, 0.05) is 23.2 Å². The van der Waals surface area contributed by atoms with E-state index in [1.807, 2.05) is 18.2 Å². The second-order valence-electron chi connectivity index (χ2n) is 5.14. The third-order valence-electron chi connectivity index (χ3n) is 3.75. The average molecular weight is 346 g/mol. The van der Waals surface area contributed by atoms with Crippen molar-refractivity contribution in [1.29, 1.82) is 0 Å². The van der Waals surface area contributed by atoms with Gasteiger partial charge in [0.1, 0.15) is 0 Å². The van der Waals surface area contributed by atoms with Gasteiger partial charge in [-0.2, -0.15) is 0 Å². The molecule has 0 bridgehead atoms. The number of fused-ring (bicyclic) bond motifs is 1. The van der Waals surface area contributed by atoms with Gasteiger partial charge in [0.05, 0.1) is 12.7 Å². The Morgan fingerprint density at radius 3 is 2.95 bits per heavy atom. The highest BCUT2D eigenvalue weighted by atomic mass is 79.9. The summed E-state index contributed by atoms with van der Waals surface area (Å²) in [5.41, 5.74) is 4.37. The van der Waals surface area contributed by atoms with Crippen molar-refractivity contribution in [3.63, 3.8) is 0 Å². The molecule has 0 unspecified atom stereocenters. The molecule has 0 spiro atoms. The molecule has 0 N–H and O–H groups in total. The monoisotopic (exact) mass is 345 g/mol. The Kier molecular flexibility index (Phi) is 3.97. The zero-order valence-corrected chi connectivity index (χ0v) is 13.4. The molecule has 1 aliphatic heterocycles. The molecule has 2 aromatic carbocycles. The van der Waals surface area contributed by atoms with Crippen LogP contribution in [-0.2, 0) is 17.7 Å². The van der Waals surface area contributed by atoms with Crippen molar-refractivity contribution in [3.05, 3.63) is 63.6 Å². The molecular formula is C17H16BrNO2. The minimum absolute atomic E-state index is 0.289. The Bertz CT molecular complexity index is 684. The number of hydrogen-bond donors (Lipinski definition) is 0. The Balaban J connectivity index is 1.81. The third-order valence-corrected chi connectivity index (χ3v) is 4.25. The van der Waals surface area contributed by atoms with E-state index in [4.69, 9.17) is 4.74 Å². The van der Waals surface area contributed by atoms with E-state index >= 15 is 0 Å². The van der Waals surface area contributed by atoms with Crippen LogP contribution in [-0.4, -0.2) is 19.6 Å². The van der Waals surface area contributed by atoms with Crippen LogP contribution in [0.15, 0.2) is 46.9 Å². The number of halogens is 1. The van der Waals surface area contributed by atoms with Crippen LogP contribution in [0.1, 0.15) is 21.5 Å². The lowest BCUT2D eigenvalue weighted by molar-refractivity contribution is 0.0600. The van der Waals surface area contributed by atoms with Gasteiger partial charge in [0.25, 0.3) is 0 Å². The van der Waals surface area contributed by atoms with E-state index in [0.29, 0.717) is 5.56 Å². The van der Waals surface area contributed by atoms with Crippen LogP contribution < -0.4 is 4.90 Å². The van der Waals surface area contributed by atoms with E-state index in [2.05, 4.69) is 39.0 Å². The average Bonchev–Trinajstić information content (AvgIpc) is 2.89. The van der Waals surface area contributed by atoms with E-state index in [0.717, 1.165) is 29.5 Å². The van der Waals surface area contributed by atoms with Crippen LogP contribution in [0.5, 0.6) is 0 Å². The Morgan fingerprint density at radius 1 is 1.29 bits per heavy atom. The number of methoxy groups -OCH3 is 1. The fourth-order valence-corrected chi connectivity index (χ4v) is 3.15. The predicted molar refractivity (Wildman–Crippen MR) is 86.7 cm³/mol. The van der Waals surface area contributed by atoms with Gasteiger partial charge in [-0.15, -0.1) is 0 Å².